The minimum atomic E-state index is -1.25. The van der Waals surface area contributed by atoms with Crippen LogP contribution in [0.5, 0.6) is 5.75 Å². The fraction of sp³-hybridized carbons (Fsp3) is 0.273. The first-order valence-electron chi connectivity index (χ1n) is 14.6. The summed E-state index contributed by atoms with van der Waals surface area (Å²) in [6.45, 7) is 0.0174. The van der Waals surface area contributed by atoms with Crippen LogP contribution in [0.2, 0.25) is 0 Å². The summed E-state index contributed by atoms with van der Waals surface area (Å²) < 4.78 is 11.2. The van der Waals surface area contributed by atoms with Crippen LogP contribution in [0.25, 0.3) is 11.1 Å². The van der Waals surface area contributed by atoms with Gasteiger partial charge < -0.3 is 19.9 Å². The van der Waals surface area contributed by atoms with Crippen molar-refractivity contribution in [2.24, 2.45) is 0 Å². The molecule has 2 atom stereocenters. The molecule has 3 N–H and O–H groups in total. The van der Waals surface area contributed by atoms with Gasteiger partial charge >= 0.3 is 12.1 Å². The monoisotopic (exact) mass is 611 g/mol. The van der Waals surface area contributed by atoms with Gasteiger partial charge in [0.05, 0.1) is 17.7 Å². The number of carboxylic acid groups (broad SMARTS) is 1. The van der Waals surface area contributed by atoms with Gasteiger partial charge in [0.25, 0.3) is 11.8 Å². The summed E-state index contributed by atoms with van der Waals surface area (Å²) in [6, 6.07) is 17.9. The van der Waals surface area contributed by atoms with Crippen LogP contribution >= 0.6 is 0 Å². The number of carbonyl (C=O) groups excluding carboxylic acids is 5. The number of ether oxygens (including phenoxy) is 2. The number of benzene rings is 3. The van der Waals surface area contributed by atoms with Crippen molar-refractivity contribution in [3.63, 3.8) is 0 Å². The number of alkyl carbamates (subject to hydrolysis) is 1. The van der Waals surface area contributed by atoms with E-state index in [9.17, 15) is 33.9 Å². The molecule has 3 aromatic rings. The van der Waals surface area contributed by atoms with Crippen molar-refractivity contribution in [3.05, 3.63) is 89.0 Å². The molecule has 5 amide bonds. The molecule has 0 radical (unpaired) electrons. The molecule has 3 aromatic carbocycles. The molecule has 1 fully saturated rings. The molecule has 6 rings (SSSR count). The highest BCUT2D eigenvalue weighted by atomic mass is 16.5. The maximum Gasteiger partial charge on any atom is 0.407 e. The van der Waals surface area contributed by atoms with E-state index >= 15 is 0 Å². The number of imide groups is 2. The molecule has 12 nitrogen and oxygen atoms in total. The SMILES string of the molecule is O=C1CCC(N2C(=O)c3cccc(OCCC[C@H](NC(=O)OCC4c5ccccc5-c5ccccc54)C(=O)O)c3C2=O)C(=O)N1. The Kier molecular flexibility index (Phi) is 8.03. The van der Waals surface area contributed by atoms with Crippen LogP contribution in [-0.4, -0.2) is 71.0 Å². The molecular formula is C33H29N3O9. The highest BCUT2D eigenvalue weighted by Gasteiger charge is 2.46. The summed E-state index contributed by atoms with van der Waals surface area (Å²) in [4.78, 5) is 75.5. The Bertz CT molecular complexity index is 1690. The second kappa shape index (κ2) is 12.2. The quantitative estimate of drug-likeness (QED) is 0.230. The molecule has 0 aromatic heterocycles. The Labute approximate surface area is 257 Å². The van der Waals surface area contributed by atoms with E-state index in [1.54, 1.807) is 0 Å². The molecule has 230 valence electrons. The second-order valence-corrected chi connectivity index (χ2v) is 11.0. The smallest absolute Gasteiger partial charge is 0.407 e. The number of carboxylic acids is 1. The minimum absolute atomic E-state index is 0.00116. The number of hydrogen-bond acceptors (Lipinski definition) is 8. The van der Waals surface area contributed by atoms with E-state index < -0.39 is 47.8 Å². The van der Waals surface area contributed by atoms with E-state index in [4.69, 9.17) is 9.47 Å². The number of hydrogen-bond donors (Lipinski definition) is 3. The topological polar surface area (TPSA) is 168 Å². The molecule has 0 spiro atoms. The maximum absolute atomic E-state index is 13.2. The fourth-order valence-electron chi connectivity index (χ4n) is 6.11. The van der Waals surface area contributed by atoms with Gasteiger partial charge in [-0.05, 0) is 53.6 Å². The van der Waals surface area contributed by atoms with Gasteiger partial charge in [-0.3, -0.25) is 29.4 Å². The number of fused-ring (bicyclic) bond motifs is 4. The zero-order chi connectivity index (χ0) is 31.7. The van der Waals surface area contributed by atoms with Crippen LogP contribution in [-0.2, 0) is 19.1 Å². The van der Waals surface area contributed by atoms with Crippen LogP contribution in [0.15, 0.2) is 66.7 Å². The Morgan fingerprint density at radius 1 is 0.911 bits per heavy atom. The number of aliphatic carboxylic acids is 1. The normalized spacial score (nSPS) is 17.7. The third kappa shape index (κ3) is 5.62. The van der Waals surface area contributed by atoms with Crippen LogP contribution in [0.1, 0.15) is 63.4 Å². The van der Waals surface area contributed by atoms with Crippen molar-refractivity contribution in [3.8, 4) is 16.9 Å². The first-order chi connectivity index (χ1) is 21.7. The lowest BCUT2D eigenvalue weighted by atomic mass is 9.98. The first-order valence-corrected chi connectivity index (χ1v) is 14.6. The van der Waals surface area contributed by atoms with Gasteiger partial charge in [-0.1, -0.05) is 54.6 Å². The number of piperidine rings is 1. The lowest BCUT2D eigenvalue weighted by Gasteiger charge is -2.27. The number of carbonyl (C=O) groups is 6. The Morgan fingerprint density at radius 3 is 2.24 bits per heavy atom. The van der Waals surface area contributed by atoms with Crippen LogP contribution in [0.4, 0.5) is 4.79 Å². The molecule has 1 unspecified atom stereocenters. The third-order valence-electron chi connectivity index (χ3n) is 8.26. The molecular weight excluding hydrogens is 582 g/mol. The number of amides is 5. The van der Waals surface area contributed by atoms with Crippen LogP contribution < -0.4 is 15.4 Å². The summed E-state index contributed by atoms with van der Waals surface area (Å²) >= 11 is 0. The van der Waals surface area contributed by atoms with Gasteiger partial charge in [-0.2, -0.15) is 0 Å². The summed E-state index contributed by atoms with van der Waals surface area (Å²) in [6.07, 6.45) is -0.641. The average Bonchev–Trinajstić information content (AvgIpc) is 3.48. The molecule has 12 heteroatoms. The second-order valence-electron chi connectivity index (χ2n) is 11.0. The number of nitrogens with zero attached hydrogens (tertiary/aromatic N) is 1. The summed E-state index contributed by atoms with van der Waals surface area (Å²) in [7, 11) is 0. The van der Waals surface area contributed by atoms with E-state index in [-0.39, 0.29) is 61.7 Å². The summed E-state index contributed by atoms with van der Waals surface area (Å²) in [5, 5.41) is 14.3. The van der Waals surface area contributed by atoms with Crippen molar-refractivity contribution >= 4 is 35.7 Å². The minimum Gasteiger partial charge on any atom is -0.493 e. The molecule has 45 heavy (non-hydrogen) atoms. The van der Waals surface area contributed by atoms with Crippen molar-refractivity contribution in [1.82, 2.24) is 15.5 Å². The summed E-state index contributed by atoms with van der Waals surface area (Å²) in [5.74, 6) is -3.86. The Balaban J connectivity index is 1.03. The van der Waals surface area contributed by atoms with Gasteiger partial charge in [0.2, 0.25) is 11.8 Å². The molecule has 2 heterocycles. The van der Waals surface area contributed by atoms with Gasteiger partial charge in [-0.25, -0.2) is 9.59 Å². The van der Waals surface area contributed by atoms with Gasteiger partial charge in [-0.15, -0.1) is 0 Å². The van der Waals surface area contributed by atoms with E-state index in [0.717, 1.165) is 27.2 Å². The van der Waals surface area contributed by atoms with Crippen molar-refractivity contribution in [2.75, 3.05) is 13.2 Å². The Hall–Kier alpha value is -5.52. The van der Waals surface area contributed by atoms with Crippen molar-refractivity contribution in [1.29, 1.82) is 0 Å². The summed E-state index contributed by atoms with van der Waals surface area (Å²) in [5.41, 5.74) is 4.28. The van der Waals surface area contributed by atoms with E-state index in [1.165, 1.54) is 18.2 Å². The Morgan fingerprint density at radius 2 is 1.58 bits per heavy atom. The highest BCUT2D eigenvalue weighted by Crippen LogP contribution is 2.44. The van der Waals surface area contributed by atoms with Crippen molar-refractivity contribution < 1.29 is 43.3 Å². The molecule has 3 aliphatic rings. The zero-order valence-electron chi connectivity index (χ0n) is 24.0. The number of rotatable bonds is 10. The molecule has 1 aliphatic carbocycles. The van der Waals surface area contributed by atoms with Gasteiger partial charge in [0, 0.05) is 12.3 Å². The van der Waals surface area contributed by atoms with Crippen LogP contribution in [0, 0.1) is 0 Å². The number of nitrogens with one attached hydrogen (secondary N) is 2. The predicted molar refractivity (Wildman–Crippen MR) is 157 cm³/mol. The molecule has 1 saturated heterocycles. The zero-order valence-corrected chi connectivity index (χ0v) is 24.0. The average molecular weight is 612 g/mol. The molecule has 0 saturated carbocycles. The van der Waals surface area contributed by atoms with E-state index in [0.29, 0.717) is 0 Å². The maximum atomic E-state index is 13.2. The van der Waals surface area contributed by atoms with E-state index in [1.807, 2.05) is 48.5 Å². The van der Waals surface area contributed by atoms with Crippen molar-refractivity contribution in [2.45, 2.75) is 43.7 Å². The lowest BCUT2D eigenvalue weighted by Crippen LogP contribution is -2.54. The van der Waals surface area contributed by atoms with Gasteiger partial charge in [0.15, 0.2) is 0 Å². The van der Waals surface area contributed by atoms with E-state index in [2.05, 4.69) is 10.6 Å². The standard InChI is InChI=1S/C33H29N3O9/c37-27-15-14-25(29(38)35-27)36-30(39)22-11-5-13-26(28(22)31(36)40)44-16-6-12-24(32(41)42)34-33(43)45-17-23-20-9-3-1-7-18(20)19-8-2-4-10-21(19)23/h1-5,7-11,13,23-25H,6,12,14-17H2,(H,34,43)(H,41,42)(H,35,37,38)/t24-,25?/m0/s1. The molecule has 2 aliphatic heterocycles. The van der Waals surface area contributed by atoms with Gasteiger partial charge in [0.1, 0.15) is 24.4 Å². The predicted octanol–water partition coefficient (Wildman–Crippen LogP) is 3.24. The highest BCUT2D eigenvalue weighted by molar-refractivity contribution is 6.24. The fourth-order valence-corrected chi connectivity index (χ4v) is 6.11. The van der Waals surface area contributed by atoms with Crippen LogP contribution in [0.3, 0.4) is 0 Å². The third-order valence-corrected chi connectivity index (χ3v) is 8.26. The largest absolute Gasteiger partial charge is 0.493 e. The lowest BCUT2D eigenvalue weighted by molar-refractivity contribution is -0.139. The first kappa shape index (κ1) is 29.5. The molecule has 0 bridgehead atoms.